The number of benzene rings is 1. The van der Waals surface area contributed by atoms with Crippen molar-refractivity contribution in [2.45, 2.75) is 27.2 Å². The van der Waals surface area contributed by atoms with Gasteiger partial charge in [0.1, 0.15) is 0 Å². The fourth-order valence-electron chi connectivity index (χ4n) is 1.58. The molecule has 0 fully saturated rings. The quantitative estimate of drug-likeness (QED) is 0.704. The second kappa shape index (κ2) is 5.49. The van der Waals surface area contributed by atoms with Crippen LogP contribution in [0.2, 0.25) is 0 Å². The highest BCUT2D eigenvalue weighted by Gasteiger charge is 2.22. The van der Waals surface area contributed by atoms with Crippen molar-refractivity contribution < 1.29 is 0 Å². The third kappa shape index (κ3) is 3.60. The van der Waals surface area contributed by atoms with Gasteiger partial charge in [-0.05, 0) is 36.8 Å². The normalized spacial score (nSPS) is 11.8. The highest BCUT2D eigenvalue weighted by atomic mass is 79.9. The van der Waals surface area contributed by atoms with E-state index in [1.165, 1.54) is 16.7 Å². The fourth-order valence-corrected chi connectivity index (χ4v) is 2.91. The van der Waals surface area contributed by atoms with Gasteiger partial charge in [0, 0.05) is 10.7 Å². The van der Waals surface area contributed by atoms with E-state index in [2.05, 4.69) is 70.8 Å². The molecule has 1 rings (SSSR count). The number of halogens is 2. The van der Waals surface area contributed by atoms with Crippen molar-refractivity contribution in [1.82, 2.24) is 0 Å². The van der Waals surface area contributed by atoms with Crippen LogP contribution in [0.3, 0.4) is 0 Å². The van der Waals surface area contributed by atoms with E-state index in [0.717, 1.165) is 17.1 Å². The van der Waals surface area contributed by atoms with Crippen LogP contribution in [0, 0.1) is 19.3 Å². The summed E-state index contributed by atoms with van der Waals surface area (Å²) in [6.45, 7) is 6.65. The van der Waals surface area contributed by atoms with Gasteiger partial charge < -0.3 is 0 Å². The molecule has 0 unspecified atom stereocenters. The van der Waals surface area contributed by atoms with Gasteiger partial charge in [-0.15, -0.1) is 0 Å². The van der Waals surface area contributed by atoms with Crippen LogP contribution < -0.4 is 0 Å². The van der Waals surface area contributed by atoms with Crippen LogP contribution in [-0.4, -0.2) is 10.7 Å². The molecule has 0 aliphatic rings. The molecule has 1 aromatic carbocycles. The first kappa shape index (κ1) is 13.2. The zero-order valence-corrected chi connectivity index (χ0v) is 12.8. The van der Waals surface area contributed by atoms with Crippen LogP contribution in [0.1, 0.15) is 23.6 Å². The van der Waals surface area contributed by atoms with Crippen LogP contribution in [0.4, 0.5) is 0 Å². The zero-order valence-electron chi connectivity index (χ0n) is 9.61. The van der Waals surface area contributed by atoms with E-state index >= 15 is 0 Å². The van der Waals surface area contributed by atoms with Crippen molar-refractivity contribution in [3.8, 4) is 0 Å². The summed E-state index contributed by atoms with van der Waals surface area (Å²) in [5, 5.41) is 2.05. The molecule has 0 N–H and O–H groups in total. The highest BCUT2D eigenvalue weighted by Crippen LogP contribution is 2.28. The van der Waals surface area contributed by atoms with E-state index in [-0.39, 0.29) is 0 Å². The summed E-state index contributed by atoms with van der Waals surface area (Å²) in [6.07, 6.45) is 1.12. The lowest BCUT2D eigenvalue weighted by Crippen LogP contribution is -2.23. The fraction of sp³-hybridized carbons (Fsp3) is 0.538. The lowest BCUT2D eigenvalue weighted by Gasteiger charge is -2.25. The molecule has 0 saturated heterocycles. The van der Waals surface area contributed by atoms with Gasteiger partial charge in [0.2, 0.25) is 0 Å². The molecule has 0 aliphatic carbocycles. The number of aryl methyl sites for hydroxylation is 2. The van der Waals surface area contributed by atoms with Crippen LogP contribution in [0.25, 0.3) is 0 Å². The summed E-state index contributed by atoms with van der Waals surface area (Å²) in [5.41, 5.74) is 4.52. The van der Waals surface area contributed by atoms with E-state index in [9.17, 15) is 0 Å². The minimum Gasteiger partial charge on any atom is -0.0922 e. The predicted octanol–water partition coefficient (Wildman–Crippen LogP) is 4.64. The van der Waals surface area contributed by atoms with Gasteiger partial charge in [-0.25, -0.2) is 0 Å². The molecule has 0 radical (unpaired) electrons. The molecule has 0 saturated carbocycles. The molecule has 0 aliphatic heterocycles. The second-order valence-corrected chi connectivity index (χ2v) is 5.81. The van der Waals surface area contributed by atoms with Gasteiger partial charge in [0.25, 0.3) is 0 Å². The molecular formula is C13H18Br2. The number of hydrogen-bond donors (Lipinski definition) is 0. The van der Waals surface area contributed by atoms with Crippen molar-refractivity contribution in [1.29, 1.82) is 0 Å². The average molecular weight is 334 g/mol. The van der Waals surface area contributed by atoms with Crippen molar-refractivity contribution in [3.63, 3.8) is 0 Å². The Bertz CT molecular complexity index is 327. The molecule has 2 heteroatoms. The lowest BCUT2D eigenvalue weighted by atomic mass is 9.86. The summed E-state index contributed by atoms with van der Waals surface area (Å²) >= 11 is 7.21. The molecule has 0 spiro atoms. The molecule has 0 nitrogen and oxygen atoms in total. The number of alkyl halides is 2. The SMILES string of the molecule is Cc1ccc(C)c(CC(C)(CBr)CBr)c1. The van der Waals surface area contributed by atoms with Gasteiger partial charge in [0.15, 0.2) is 0 Å². The Kier molecular flexibility index (Phi) is 4.85. The third-order valence-electron chi connectivity index (χ3n) is 2.77. The summed E-state index contributed by atoms with van der Waals surface area (Å²) < 4.78 is 0. The van der Waals surface area contributed by atoms with Gasteiger partial charge in [-0.2, -0.15) is 0 Å². The molecule has 0 heterocycles. The first-order chi connectivity index (χ1) is 7.00. The Morgan fingerprint density at radius 2 is 1.73 bits per heavy atom. The first-order valence-electron chi connectivity index (χ1n) is 5.19. The van der Waals surface area contributed by atoms with E-state index in [1.54, 1.807) is 0 Å². The van der Waals surface area contributed by atoms with Crippen LogP contribution in [-0.2, 0) is 6.42 Å². The Labute approximate surface area is 110 Å². The summed E-state index contributed by atoms with van der Waals surface area (Å²) in [6, 6.07) is 6.70. The Morgan fingerprint density at radius 1 is 1.13 bits per heavy atom. The minimum atomic E-state index is 0.304. The van der Waals surface area contributed by atoms with Crippen molar-refractivity contribution in [2.75, 3.05) is 10.7 Å². The van der Waals surface area contributed by atoms with Gasteiger partial charge >= 0.3 is 0 Å². The Morgan fingerprint density at radius 3 is 2.27 bits per heavy atom. The molecule has 0 aromatic heterocycles. The topological polar surface area (TPSA) is 0 Å². The van der Waals surface area contributed by atoms with Crippen LogP contribution in [0.15, 0.2) is 18.2 Å². The number of hydrogen-bond acceptors (Lipinski definition) is 0. The largest absolute Gasteiger partial charge is 0.0922 e. The second-order valence-electron chi connectivity index (χ2n) is 4.68. The standard InChI is InChI=1S/C13H18Br2/c1-10-4-5-11(2)12(6-10)7-13(3,8-14)9-15/h4-6H,7-9H2,1-3H3. The summed E-state index contributed by atoms with van der Waals surface area (Å²) in [4.78, 5) is 0. The molecule has 15 heavy (non-hydrogen) atoms. The van der Waals surface area contributed by atoms with Gasteiger partial charge in [-0.1, -0.05) is 62.5 Å². The molecule has 0 bridgehead atoms. The van der Waals surface area contributed by atoms with Gasteiger partial charge in [-0.3, -0.25) is 0 Å². The van der Waals surface area contributed by atoms with Crippen LogP contribution in [0.5, 0.6) is 0 Å². The number of rotatable bonds is 4. The molecular weight excluding hydrogens is 316 g/mol. The Hall–Kier alpha value is 0.180. The summed E-state index contributed by atoms with van der Waals surface area (Å²) in [7, 11) is 0. The lowest BCUT2D eigenvalue weighted by molar-refractivity contribution is 0.437. The van der Waals surface area contributed by atoms with E-state index in [0.29, 0.717) is 5.41 Å². The molecule has 0 amide bonds. The zero-order chi connectivity index (χ0) is 11.5. The van der Waals surface area contributed by atoms with E-state index in [4.69, 9.17) is 0 Å². The van der Waals surface area contributed by atoms with Crippen LogP contribution >= 0.6 is 31.9 Å². The maximum atomic E-state index is 3.60. The molecule has 0 atom stereocenters. The average Bonchev–Trinajstić information content (AvgIpc) is 2.23. The van der Waals surface area contributed by atoms with E-state index < -0.39 is 0 Å². The molecule has 84 valence electrons. The van der Waals surface area contributed by atoms with Crippen molar-refractivity contribution in [3.05, 3.63) is 34.9 Å². The van der Waals surface area contributed by atoms with Crippen molar-refractivity contribution >= 4 is 31.9 Å². The van der Waals surface area contributed by atoms with Gasteiger partial charge in [0.05, 0.1) is 0 Å². The maximum absolute atomic E-state index is 3.60. The Balaban J connectivity index is 2.92. The van der Waals surface area contributed by atoms with Crippen molar-refractivity contribution in [2.24, 2.45) is 5.41 Å². The predicted molar refractivity (Wildman–Crippen MR) is 75.3 cm³/mol. The maximum Gasteiger partial charge on any atom is 0.00965 e. The first-order valence-corrected chi connectivity index (χ1v) is 7.43. The monoisotopic (exact) mass is 332 g/mol. The third-order valence-corrected chi connectivity index (χ3v) is 5.47. The van der Waals surface area contributed by atoms with E-state index in [1.807, 2.05) is 0 Å². The smallest absolute Gasteiger partial charge is 0.00965 e. The molecule has 1 aromatic rings. The highest BCUT2D eigenvalue weighted by molar-refractivity contribution is 9.09. The minimum absolute atomic E-state index is 0.304. The summed E-state index contributed by atoms with van der Waals surface area (Å²) in [5.74, 6) is 0.